The van der Waals surface area contributed by atoms with Gasteiger partial charge in [0.2, 0.25) is 5.89 Å². The van der Waals surface area contributed by atoms with Crippen LogP contribution in [0.5, 0.6) is 0 Å². The van der Waals surface area contributed by atoms with Gasteiger partial charge in [0, 0.05) is 19.2 Å². The Morgan fingerprint density at radius 3 is 2.85 bits per heavy atom. The summed E-state index contributed by atoms with van der Waals surface area (Å²) in [6, 6.07) is 1.18. The summed E-state index contributed by atoms with van der Waals surface area (Å²) in [5.41, 5.74) is 0. The van der Waals surface area contributed by atoms with E-state index in [-0.39, 0.29) is 12.6 Å². The molecule has 0 bridgehead atoms. The van der Waals surface area contributed by atoms with E-state index in [1.165, 1.54) is 19.3 Å². The van der Waals surface area contributed by atoms with E-state index in [2.05, 4.69) is 27.3 Å². The quantitative estimate of drug-likeness (QED) is 0.720. The van der Waals surface area contributed by atoms with E-state index in [1.807, 2.05) is 6.92 Å². The van der Waals surface area contributed by atoms with Gasteiger partial charge in [-0.05, 0) is 45.6 Å². The van der Waals surface area contributed by atoms with Crippen molar-refractivity contribution in [1.29, 1.82) is 0 Å². The molecule has 0 saturated heterocycles. The fourth-order valence-corrected chi connectivity index (χ4v) is 2.34. The van der Waals surface area contributed by atoms with E-state index >= 15 is 0 Å². The summed E-state index contributed by atoms with van der Waals surface area (Å²) >= 11 is 0. The Morgan fingerprint density at radius 2 is 2.25 bits per heavy atom. The molecule has 2 rings (SSSR count). The molecule has 1 atom stereocenters. The van der Waals surface area contributed by atoms with E-state index < -0.39 is 0 Å². The lowest BCUT2D eigenvalue weighted by Gasteiger charge is -2.36. The number of anilines is 1. The van der Waals surface area contributed by atoms with E-state index in [9.17, 15) is 0 Å². The molecule has 1 aliphatic rings. The van der Waals surface area contributed by atoms with E-state index in [0.29, 0.717) is 17.9 Å². The van der Waals surface area contributed by atoms with Gasteiger partial charge in [0.1, 0.15) is 0 Å². The van der Waals surface area contributed by atoms with Gasteiger partial charge in [0.15, 0.2) is 0 Å². The lowest BCUT2D eigenvalue weighted by Crippen LogP contribution is -2.41. The van der Waals surface area contributed by atoms with Crippen LogP contribution in [-0.2, 0) is 0 Å². The van der Waals surface area contributed by atoms with Crippen molar-refractivity contribution in [3.8, 4) is 0 Å². The zero-order valence-corrected chi connectivity index (χ0v) is 12.5. The molecule has 6 nitrogen and oxygen atoms in total. The zero-order valence-electron chi connectivity index (χ0n) is 12.5. The SMILES string of the molecule is CCCNC(C)c1nnc(N(CCCO)C2CCC2)o1. The second kappa shape index (κ2) is 7.59. The Balaban J connectivity index is 1.99. The standard InChI is InChI=1S/C14H26N4O2/c1-3-8-15-11(2)13-16-17-14(20-13)18(9-5-10-19)12-6-4-7-12/h11-12,15,19H,3-10H2,1-2H3. The fraction of sp³-hybridized carbons (Fsp3) is 0.857. The molecule has 0 aromatic carbocycles. The lowest BCUT2D eigenvalue weighted by atomic mass is 9.91. The molecule has 6 heteroatoms. The summed E-state index contributed by atoms with van der Waals surface area (Å²) in [6.07, 6.45) is 5.42. The first kappa shape index (κ1) is 15.3. The highest BCUT2D eigenvalue weighted by molar-refractivity contribution is 5.28. The first-order chi connectivity index (χ1) is 9.76. The van der Waals surface area contributed by atoms with Crippen molar-refractivity contribution in [3.05, 3.63) is 5.89 Å². The van der Waals surface area contributed by atoms with Crippen LogP contribution in [0.2, 0.25) is 0 Å². The third-order valence-corrected chi connectivity index (χ3v) is 3.82. The third kappa shape index (κ3) is 3.70. The minimum absolute atomic E-state index is 0.0808. The van der Waals surface area contributed by atoms with Crippen LogP contribution < -0.4 is 10.2 Å². The van der Waals surface area contributed by atoms with Crippen LogP contribution in [0.4, 0.5) is 6.01 Å². The normalized spacial score (nSPS) is 16.9. The highest BCUT2D eigenvalue weighted by Crippen LogP contribution is 2.29. The Hall–Kier alpha value is -1.14. The van der Waals surface area contributed by atoms with Gasteiger partial charge >= 0.3 is 6.01 Å². The molecule has 20 heavy (non-hydrogen) atoms. The first-order valence-corrected chi connectivity index (χ1v) is 7.70. The van der Waals surface area contributed by atoms with Crippen molar-refractivity contribution in [3.63, 3.8) is 0 Å². The highest BCUT2D eigenvalue weighted by atomic mass is 16.4. The predicted molar refractivity (Wildman–Crippen MR) is 77.7 cm³/mol. The van der Waals surface area contributed by atoms with Gasteiger partial charge in [-0.25, -0.2) is 0 Å². The second-order valence-electron chi connectivity index (χ2n) is 5.45. The Morgan fingerprint density at radius 1 is 1.45 bits per heavy atom. The van der Waals surface area contributed by atoms with Crippen LogP contribution >= 0.6 is 0 Å². The number of nitrogens with one attached hydrogen (secondary N) is 1. The van der Waals surface area contributed by atoms with Gasteiger partial charge in [-0.2, -0.15) is 0 Å². The smallest absolute Gasteiger partial charge is 0.318 e. The first-order valence-electron chi connectivity index (χ1n) is 7.70. The summed E-state index contributed by atoms with van der Waals surface area (Å²) in [5, 5.41) is 20.7. The Kier molecular flexibility index (Phi) is 5.79. The largest absolute Gasteiger partial charge is 0.406 e. The molecular weight excluding hydrogens is 256 g/mol. The summed E-state index contributed by atoms with van der Waals surface area (Å²) in [7, 11) is 0. The van der Waals surface area contributed by atoms with Gasteiger partial charge in [-0.1, -0.05) is 12.0 Å². The fourth-order valence-electron chi connectivity index (χ4n) is 2.34. The molecule has 1 aromatic heterocycles. The summed E-state index contributed by atoms with van der Waals surface area (Å²) in [6.45, 7) is 6.08. The molecule has 1 unspecified atom stereocenters. The maximum atomic E-state index is 9.02. The highest BCUT2D eigenvalue weighted by Gasteiger charge is 2.28. The van der Waals surface area contributed by atoms with E-state index in [1.54, 1.807) is 0 Å². The van der Waals surface area contributed by atoms with Crippen LogP contribution in [0.1, 0.15) is 57.9 Å². The van der Waals surface area contributed by atoms with Crippen LogP contribution in [0.25, 0.3) is 0 Å². The van der Waals surface area contributed by atoms with E-state index in [4.69, 9.17) is 9.52 Å². The molecule has 1 aliphatic carbocycles. The van der Waals surface area contributed by atoms with Crippen molar-refractivity contribution in [1.82, 2.24) is 15.5 Å². The number of rotatable bonds is 9. The van der Waals surface area contributed by atoms with Crippen LogP contribution in [0.15, 0.2) is 4.42 Å². The molecule has 114 valence electrons. The average Bonchev–Trinajstić information content (AvgIpc) is 2.88. The van der Waals surface area contributed by atoms with Crippen LogP contribution in [0.3, 0.4) is 0 Å². The number of aromatic nitrogens is 2. The zero-order chi connectivity index (χ0) is 14.4. The van der Waals surface area contributed by atoms with Gasteiger partial charge in [-0.3, -0.25) is 0 Å². The van der Waals surface area contributed by atoms with Gasteiger partial charge in [-0.15, -0.1) is 5.10 Å². The van der Waals surface area contributed by atoms with E-state index in [0.717, 1.165) is 25.9 Å². The predicted octanol–water partition coefficient (Wildman–Crippen LogP) is 1.87. The third-order valence-electron chi connectivity index (χ3n) is 3.82. The molecule has 0 amide bonds. The summed E-state index contributed by atoms with van der Waals surface area (Å²) < 4.78 is 5.82. The van der Waals surface area contributed by atoms with Crippen molar-refractivity contribution in [2.45, 2.75) is 58.0 Å². The minimum Gasteiger partial charge on any atom is -0.406 e. The molecule has 0 aliphatic heterocycles. The molecule has 0 radical (unpaired) electrons. The Labute approximate surface area is 120 Å². The molecule has 2 N–H and O–H groups in total. The van der Waals surface area contributed by atoms with Crippen LogP contribution in [-0.4, -0.2) is 41.0 Å². The topological polar surface area (TPSA) is 74.4 Å². The molecule has 1 saturated carbocycles. The minimum atomic E-state index is 0.0808. The van der Waals surface area contributed by atoms with Crippen molar-refractivity contribution in [2.24, 2.45) is 0 Å². The van der Waals surface area contributed by atoms with Gasteiger partial charge in [0.05, 0.1) is 6.04 Å². The summed E-state index contributed by atoms with van der Waals surface area (Å²) in [4.78, 5) is 2.16. The maximum absolute atomic E-state index is 9.02. The average molecular weight is 282 g/mol. The van der Waals surface area contributed by atoms with Gasteiger partial charge < -0.3 is 19.7 Å². The van der Waals surface area contributed by atoms with Gasteiger partial charge in [0.25, 0.3) is 0 Å². The maximum Gasteiger partial charge on any atom is 0.318 e. The van der Waals surface area contributed by atoms with Crippen molar-refractivity contribution in [2.75, 3.05) is 24.6 Å². The van der Waals surface area contributed by atoms with Crippen molar-refractivity contribution >= 4 is 6.01 Å². The number of hydrogen-bond donors (Lipinski definition) is 2. The number of nitrogens with zero attached hydrogens (tertiary/aromatic N) is 3. The second-order valence-corrected chi connectivity index (χ2v) is 5.45. The molecule has 0 spiro atoms. The van der Waals surface area contributed by atoms with Crippen LogP contribution in [0, 0.1) is 0 Å². The lowest BCUT2D eigenvalue weighted by molar-refractivity contribution is 0.279. The summed E-state index contributed by atoms with van der Waals surface area (Å²) in [5.74, 6) is 0.641. The van der Waals surface area contributed by atoms with Crippen molar-refractivity contribution < 1.29 is 9.52 Å². The molecule has 1 aromatic rings. The Bertz CT molecular complexity index is 392. The number of hydrogen-bond acceptors (Lipinski definition) is 6. The monoisotopic (exact) mass is 282 g/mol. The molecular formula is C14H26N4O2. The number of aliphatic hydroxyl groups is 1. The molecule has 1 heterocycles. The molecule has 1 fully saturated rings. The number of aliphatic hydroxyl groups excluding tert-OH is 1.